The Morgan fingerprint density at radius 1 is 0.822 bits per heavy atom. The zero-order chi connectivity index (χ0) is 32.0. The molecule has 0 radical (unpaired) electrons. The lowest BCUT2D eigenvalue weighted by Crippen LogP contribution is -2.45. The van der Waals surface area contributed by atoms with Crippen molar-refractivity contribution in [3.05, 3.63) is 136 Å². The van der Waals surface area contributed by atoms with Crippen LogP contribution in [0.25, 0.3) is 10.9 Å². The van der Waals surface area contributed by atoms with Crippen LogP contribution in [0.1, 0.15) is 12.0 Å². The molecule has 1 atom stereocenters. The van der Waals surface area contributed by atoms with Crippen molar-refractivity contribution in [2.75, 3.05) is 7.05 Å². The van der Waals surface area contributed by atoms with Crippen molar-refractivity contribution < 1.29 is 27.8 Å². The van der Waals surface area contributed by atoms with Crippen molar-refractivity contribution in [3.8, 4) is 11.5 Å². The highest BCUT2D eigenvalue weighted by atomic mass is 32.2. The zero-order valence-electron chi connectivity index (χ0n) is 24.4. The van der Waals surface area contributed by atoms with Crippen molar-refractivity contribution in [2.45, 2.75) is 37.2 Å². The SMILES string of the molecule is CN(C(CCn1c(=O)c2ccccc2n(COCc2ccccc2)c1=O)C(=O)O)S(=O)(=O)c1ccc(Oc2ccccc2)cc1. The molecule has 12 heteroatoms. The average molecular weight is 630 g/mol. The number of rotatable bonds is 13. The first kappa shape index (κ1) is 31.4. The Morgan fingerprint density at radius 2 is 1.42 bits per heavy atom. The van der Waals surface area contributed by atoms with Gasteiger partial charge < -0.3 is 14.6 Å². The van der Waals surface area contributed by atoms with Gasteiger partial charge >= 0.3 is 11.7 Å². The van der Waals surface area contributed by atoms with Gasteiger partial charge in [-0.25, -0.2) is 13.2 Å². The van der Waals surface area contributed by atoms with E-state index in [2.05, 4.69) is 0 Å². The van der Waals surface area contributed by atoms with Gasteiger partial charge in [-0.05, 0) is 60.5 Å². The molecule has 0 saturated heterocycles. The van der Waals surface area contributed by atoms with Gasteiger partial charge in [-0.2, -0.15) is 4.31 Å². The molecule has 0 aliphatic rings. The van der Waals surface area contributed by atoms with Crippen molar-refractivity contribution in [3.63, 3.8) is 0 Å². The van der Waals surface area contributed by atoms with Crippen LogP contribution in [0.15, 0.2) is 124 Å². The summed E-state index contributed by atoms with van der Waals surface area (Å²) in [6.45, 7) is -0.277. The van der Waals surface area contributed by atoms with Crippen LogP contribution in [0.5, 0.6) is 11.5 Å². The standard InChI is InChI=1S/C33H31N3O8S/c1-34(45(41,42)27-18-16-26(17-19-27)44-25-12-6-3-7-13-25)30(32(38)39)20-21-35-31(37)28-14-8-9-15-29(28)36(33(35)40)23-43-22-24-10-4-2-5-11-24/h2-19,30H,20-23H2,1H3,(H,38,39). The number of hydrogen-bond donors (Lipinski definition) is 1. The van der Waals surface area contributed by atoms with Crippen molar-refractivity contribution in [2.24, 2.45) is 0 Å². The monoisotopic (exact) mass is 629 g/mol. The maximum atomic E-state index is 13.5. The summed E-state index contributed by atoms with van der Waals surface area (Å²) in [5, 5.41) is 10.3. The van der Waals surface area contributed by atoms with Gasteiger partial charge in [0.25, 0.3) is 5.56 Å². The van der Waals surface area contributed by atoms with Gasteiger partial charge in [0.1, 0.15) is 24.3 Å². The number of carbonyl (C=O) groups is 1. The van der Waals surface area contributed by atoms with Gasteiger partial charge in [0, 0.05) is 13.6 Å². The van der Waals surface area contributed by atoms with E-state index in [9.17, 15) is 27.9 Å². The van der Waals surface area contributed by atoms with E-state index in [0.29, 0.717) is 17.0 Å². The van der Waals surface area contributed by atoms with Crippen LogP contribution < -0.4 is 16.0 Å². The Morgan fingerprint density at radius 3 is 2.09 bits per heavy atom. The zero-order valence-corrected chi connectivity index (χ0v) is 25.2. The van der Waals surface area contributed by atoms with E-state index in [1.165, 1.54) is 28.8 Å². The number of nitrogens with zero attached hydrogens (tertiary/aromatic N) is 3. The molecular formula is C33H31N3O8S. The second-order valence-electron chi connectivity index (χ2n) is 10.2. The van der Waals surface area contributed by atoms with Gasteiger partial charge in [0.05, 0.1) is 22.4 Å². The van der Waals surface area contributed by atoms with Crippen LogP contribution >= 0.6 is 0 Å². The highest BCUT2D eigenvalue weighted by Crippen LogP contribution is 2.25. The number of carboxylic acid groups (broad SMARTS) is 1. The highest BCUT2D eigenvalue weighted by molar-refractivity contribution is 7.89. The first-order valence-electron chi connectivity index (χ1n) is 14.0. The molecule has 0 aliphatic carbocycles. The van der Waals surface area contributed by atoms with Gasteiger partial charge in [-0.15, -0.1) is 0 Å². The maximum absolute atomic E-state index is 13.5. The Labute approximate surface area is 259 Å². The topological polar surface area (TPSA) is 137 Å². The second-order valence-corrected chi connectivity index (χ2v) is 12.2. The van der Waals surface area contributed by atoms with Crippen LogP contribution in [0.2, 0.25) is 0 Å². The number of fused-ring (bicyclic) bond motifs is 1. The van der Waals surface area contributed by atoms with E-state index in [1.807, 2.05) is 36.4 Å². The molecule has 0 spiro atoms. The van der Waals surface area contributed by atoms with E-state index in [-0.39, 0.29) is 36.6 Å². The van der Waals surface area contributed by atoms with Crippen LogP contribution in [0.4, 0.5) is 0 Å². The van der Waals surface area contributed by atoms with E-state index in [1.54, 1.807) is 48.5 Å². The number of ether oxygens (including phenoxy) is 2. The number of aromatic nitrogens is 2. The number of sulfonamides is 1. The number of para-hydroxylation sites is 2. The predicted molar refractivity (Wildman–Crippen MR) is 168 cm³/mol. The fourth-order valence-electron chi connectivity index (χ4n) is 4.87. The van der Waals surface area contributed by atoms with E-state index in [0.717, 1.165) is 21.5 Å². The summed E-state index contributed by atoms with van der Waals surface area (Å²) in [5.41, 5.74) is -0.0463. The predicted octanol–water partition coefficient (Wildman–Crippen LogP) is 4.29. The Balaban J connectivity index is 1.36. The fraction of sp³-hybridized carbons (Fsp3) is 0.182. The van der Waals surface area contributed by atoms with E-state index in [4.69, 9.17) is 9.47 Å². The molecule has 0 amide bonds. The van der Waals surface area contributed by atoms with Gasteiger partial charge in [-0.3, -0.25) is 18.7 Å². The molecule has 232 valence electrons. The molecule has 45 heavy (non-hydrogen) atoms. The minimum absolute atomic E-state index is 0.141. The molecule has 1 heterocycles. The number of aliphatic carboxylic acids is 1. The third kappa shape index (κ3) is 7.04. The molecular weight excluding hydrogens is 598 g/mol. The van der Waals surface area contributed by atoms with Gasteiger partial charge in [0.2, 0.25) is 10.0 Å². The fourth-order valence-corrected chi connectivity index (χ4v) is 6.22. The summed E-state index contributed by atoms with van der Waals surface area (Å²) in [4.78, 5) is 39.0. The summed E-state index contributed by atoms with van der Waals surface area (Å²) in [6, 6.07) is 28.9. The van der Waals surface area contributed by atoms with Gasteiger partial charge in [0.15, 0.2) is 0 Å². The lowest BCUT2D eigenvalue weighted by molar-refractivity contribution is -0.141. The molecule has 11 nitrogen and oxygen atoms in total. The molecule has 0 saturated carbocycles. The summed E-state index contributed by atoms with van der Waals surface area (Å²) in [7, 11) is -3.12. The van der Waals surface area contributed by atoms with Crippen LogP contribution in [0.3, 0.4) is 0 Å². The Hall–Kier alpha value is -5.04. The minimum atomic E-state index is -4.27. The molecule has 4 aromatic carbocycles. The highest BCUT2D eigenvalue weighted by Gasteiger charge is 2.33. The quantitative estimate of drug-likeness (QED) is 0.204. The molecule has 5 aromatic rings. The van der Waals surface area contributed by atoms with Crippen molar-refractivity contribution >= 4 is 26.9 Å². The lowest BCUT2D eigenvalue weighted by Gasteiger charge is -2.24. The third-order valence-corrected chi connectivity index (χ3v) is 9.17. The molecule has 1 aromatic heterocycles. The molecule has 1 N–H and O–H groups in total. The maximum Gasteiger partial charge on any atom is 0.333 e. The summed E-state index contributed by atoms with van der Waals surface area (Å²) < 4.78 is 41.3. The number of benzene rings is 4. The molecule has 0 bridgehead atoms. The van der Waals surface area contributed by atoms with Crippen LogP contribution in [-0.4, -0.2) is 46.0 Å². The number of hydrogen-bond acceptors (Lipinski definition) is 7. The normalized spacial score (nSPS) is 12.3. The Kier molecular flexibility index (Phi) is 9.57. The summed E-state index contributed by atoms with van der Waals surface area (Å²) in [5.74, 6) is -0.454. The van der Waals surface area contributed by atoms with Crippen molar-refractivity contribution in [1.29, 1.82) is 0 Å². The number of likely N-dealkylation sites (N-methyl/N-ethyl adjacent to an activating group) is 1. The smallest absolute Gasteiger partial charge is 0.333 e. The molecule has 0 fully saturated rings. The van der Waals surface area contributed by atoms with Gasteiger partial charge in [-0.1, -0.05) is 60.7 Å². The lowest BCUT2D eigenvalue weighted by atomic mass is 10.2. The molecule has 1 unspecified atom stereocenters. The first-order valence-corrected chi connectivity index (χ1v) is 15.5. The Bertz CT molecular complexity index is 2010. The van der Waals surface area contributed by atoms with Crippen molar-refractivity contribution in [1.82, 2.24) is 13.4 Å². The first-order chi connectivity index (χ1) is 21.7. The van der Waals surface area contributed by atoms with Crippen LogP contribution in [-0.2, 0) is 39.4 Å². The summed E-state index contributed by atoms with van der Waals surface area (Å²) in [6.07, 6.45) is -0.349. The van der Waals surface area contributed by atoms with Crippen LogP contribution in [0, 0.1) is 0 Å². The molecule has 5 rings (SSSR count). The minimum Gasteiger partial charge on any atom is -0.480 e. The van der Waals surface area contributed by atoms with E-state index < -0.39 is 33.3 Å². The third-order valence-electron chi connectivity index (χ3n) is 7.29. The largest absolute Gasteiger partial charge is 0.480 e. The average Bonchev–Trinajstić information content (AvgIpc) is 3.05. The summed E-state index contributed by atoms with van der Waals surface area (Å²) >= 11 is 0. The molecule has 0 aliphatic heterocycles. The van der Waals surface area contributed by atoms with E-state index >= 15 is 0 Å². The second kappa shape index (κ2) is 13.7. The number of carboxylic acids is 1.